The molecule has 2 atom stereocenters. The highest BCUT2D eigenvalue weighted by Gasteiger charge is 2.38. The van der Waals surface area contributed by atoms with Crippen molar-refractivity contribution >= 4 is 22.7 Å². The van der Waals surface area contributed by atoms with Crippen LogP contribution in [-0.2, 0) is 4.79 Å². The van der Waals surface area contributed by atoms with Crippen molar-refractivity contribution in [3.8, 4) is 0 Å². The van der Waals surface area contributed by atoms with E-state index in [4.69, 9.17) is 0 Å². The fraction of sp³-hybridized carbons (Fsp3) is 0.444. The van der Waals surface area contributed by atoms with E-state index >= 15 is 0 Å². The van der Waals surface area contributed by atoms with E-state index in [0.29, 0.717) is 5.69 Å². The van der Waals surface area contributed by atoms with E-state index in [1.54, 1.807) is 6.07 Å². The van der Waals surface area contributed by atoms with Gasteiger partial charge in [0.15, 0.2) is 0 Å². The third-order valence-corrected chi connectivity index (χ3v) is 4.96. The number of amides is 2. The van der Waals surface area contributed by atoms with E-state index in [0.717, 1.165) is 30.2 Å². The first kappa shape index (κ1) is 16.5. The van der Waals surface area contributed by atoms with Gasteiger partial charge in [-0.1, -0.05) is 31.5 Å². The Bertz CT molecular complexity index is 722. The Labute approximate surface area is 140 Å². The Morgan fingerprint density at radius 2 is 2.17 bits per heavy atom. The Kier molecular flexibility index (Phi) is 4.57. The summed E-state index contributed by atoms with van der Waals surface area (Å²) in [4.78, 5) is 27.3. The van der Waals surface area contributed by atoms with Gasteiger partial charge in [0.05, 0.1) is 13.2 Å². The summed E-state index contributed by atoms with van der Waals surface area (Å²) < 4.78 is 0. The molecule has 0 radical (unpaired) electrons. The highest BCUT2D eigenvalue weighted by molar-refractivity contribution is 5.99. The maximum Gasteiger partial charge on any atom is 0.268 e. The molecule has 0 saturated heterocycles. The number of hydrogen-bond donors (Lipinski definition) is 4. The lowest BCUT2D eigenvalue weighted by atomic mass is 9.86. The number of nitrogens with one attached hydrogen (secondary N) is 3. The lowest BCUT2D eigenvalue weighted by Crippen LogP contribution is -2.48. The molecule has 1 saturated carbocycles. The van der Waals surface area contributed by atoms with Crippen molar-refractivity contribution in [3.63, 3.8) is 0 Å². The Morgan fingerprint density at radius 1 is 1.38 bits per heavy atom. The number of aromatic amines is 1. The highest BCUT2D eigenvalue weighted by atomic mass is 16.3. The second-order valence-electron chi connectivity index (χ2n) is 6.78. The predicted molar refractivity (Wildman–Crippen MR) is 91.6 cm³/mol. The monoisotopic (exact) mass is 329 g/mol. The van der Waals surface area contributed by atoms with E-state index < -0.39 is 0 Å². The van der Waals surface area contributed by atoms with Crippen LogP contribution in [0.1, 0.15) is 36.7 Å². The highest BCUT2D eigenvalue weighted by Crippen LogP contribution is 2.37. The van der Waals surface area contributed by atoms with Crippen molar-refractivity contribution in [2.45, 2.75) is 32.2 Å². The van der Waals surface area contributed by atoms with Gasteiger partial charge in [-0.05, 0) is 25.0 Å². The van der Waals surface area contributed by atoms with Crippen molar-refractivity contribution in [1.82, 2.24) is 15.6 Å². The van der Waals surface area contributed by atoms with Gasteiger partial charge in [0.2, 0.25) is 5.91 Å². The molecular formula is C18H23N3O3. The van der Waals surface area contributed by atoms with Crippen molar-refractivity contribution in [2.75, 3.05) is 13.2 Å². The molecule has 0 aliphatic heterocycles. The molecule has 6 nitrogen and oxygen atoms in total. The molecule has 1 aromatic heterocycles. The molecule has 4 N–H and O–H groups in total. The number of hydrogen-bond acceptors (Lipinski definition) is 3. The summed E-state index contributed by atoms with van der Waals surface area (Å²) in [5.41, 5.74) is 1.05. The van der Waals surface area contributed by atoms with Crippen LogP contribution in [0.15, 0.2) is 30.3 Å². The van der Waals surface area contributed by atoms with Crippen LogP contribution in [0.5, 0.6) is 0 Å². The molecule has 24 heavy (non-hydrogen) atoms. The van der Waals surface area contributed by atoms with Crippen LogP contribution < -0.4 is 10.6 Å². The zero-order chi connectivity index (χ0) is 17.2. The van der Waals surface area contributed by atoms with Crippen molar-refractivity contribution < 1.29 is 14.7 Å². The molecule has 0 bridgehead atoms. The van der Waals surface area contributed by atoms with Gasteiger partial charge >= 0.3 is 0 Å². The van der Waals surface area contributed by atoms with E-state index in [-0.39, 0.29) is 36.4 Å². The fourth-order valence-corrected chi connectivity index (χ4v) is 3.37. The van der Waals surface area contributed by atoms with Crippen molar-refractivity contribution in [3.05, 3.63) is 36.0 Å². The molecule has 2 unspecified atom stereocenters. The summed E-state index contributed by atoms with van der Waals surface area (Å²) in [6.45, 7) is 1.96. The minimum atomic E-state index is -0.308. The summed E-state index contributed by atoms with van der Waals surface area (Å²) in [7, 11) is 0. The van der Waals surface area contributed by atoms with Gasteiger partial charge in [-0.15, -0.1) is 0 Å². The first-order valence-electron chi connectivity index (χ1n) is 8.28. The Balaban J connectivity index is 1.55. The molecule has 1 fully saturated rings. The SMILES string of the molecule is CC1(CO)CCCC1NC(=O)CNC(=O)c1cc2ccccc2[nH]1. The molecule has 1 aliphatic carbocycles. The zero-order valence-electron chi connectivity index (χ0n) is 13.8. The molecule has 2 amide bonds. The molecule has 1 aliphatic rings. The van der Waals surface area contributed by atoms with E-state index in [2.05, 4.69) is 15.6 Å². The largest absolute Gasteiger partial charge is 0.396 e. The molecular weight excluding hydrogens is 306 g/mol. The van der Waals surface area contributed by atoms with Gasteiger partial charge in [-0.2, -0.15) is 0 Å². The number of aromatic nitrogens is 1. The average Bonchev–Trinajstić information content (AvgIpc) is 3.17. The number of aliphatic hydroxyl groups excluding tert-OH is 1. The number of H-pyrrole nitrogens is 1. The second kappa shape index (κ2) is 6.65. The second-order valence-corrected chi connectivity index (χ2v) is 6.78. The lowest BCUT2D eigenvalue weighted by Gasteiger charge is -2.30. The normalized spacial score (nSPS) is 23.3. The summed E-state index contributed by atoms with van der Waals surface area (Å²) in [5, 5.41) is 16.0. The standard InChI is InChI=1S/C18H23N3O3/c1-18(11-22)8-4-7-15(18)21-16(23)10-19-17(24)14-9-12-5-2-3-6-13(12)20-14/h2-3,5-6,9,15,20,22H,4,7-8,10-11H2,1H3,(H,19,24)(H,21,23). The predicted octanol–water partition coefficient (Wildman–Crippen LogP) is 1.56. The summed E-state index contributed by atoms with van der Waals surface area (Å²) >= 11 is 0. The number of benzene rings is 1. The van der Waals surface area contributed by atoms with Gasteiger partial charge in [-0.3, -0.25) is 9.59 Å². The maximum atomic E-state index is 12.2. The Hall–Kier alpha value is -2.34. The lowest BCUT2D eigenvalue weighted by molar-refractivity contribution is -0.121. The number of para-hydroxylation sites is 1. The minimum absolute atomic E-state index is 0.0417. The number of carbonyl (C=O) groups is 2. The van der Waals surface area contributed by atoms with Crippen LogP contribution in [-0.4, -0.2) is 41.1 Å². The molecule has 128 valence electrons. The minimum Gasteiger partial charge on any atom is -0.396 e. The Morgan fingerprint density at radius 3 is 2.92 bits per heavy atom. The van der Waals surface area contributed by atoms with E-state index in [1.807, 2.05) is 31.2 Å². The molecule has 0 spiro atoms. The third kappa shape index (κ3) is 3.28. The summed E-state index contributed by atoms with van der Waals surface area (Å²) in [5.74, 6) is -0.538. The van der Waals surface area contributed by atoms with Gasteiger partial charge in [-0.25, -0.2) is 0 Å². The van der Waals surface area contributed by atoms with Crippen LogP contribution in [0.4, 0.5) is 0 Å². The number of aliphatic hydroxyl groups is 1. The molecule has 3 rings (SSSR count). The molecule has 1 aromatic carbocycles. The smallest absolute Gasteiger partial charge is 0.268 e. The first-order chi connectivity index (χ1) is 11.5. The van der Waals surface area contributed by atoms with Gasteiger partial charge in [0, 0.05) is 22.4 Å². The third-order valence-electron chi connectivity index (χ3n) is 4.96. The number of carbonyl (C=O) groups excluding carboxylic acids is 2. The van der Waals surface area contributed by atoms with Crippen molar-refractivity contribution in [1.29, 1.82) is 0 Å². The quantitative estimate of drug-likeness (QED) is 0.670. The average molecular weight is 329 g/mol. The van der Waals surface area contributed by atoms with E-state index in [1.165, 1.54) is 0 Å². The zero-order valence-corrected chi connectivity index (χ0v) is 13.8. The van der Waals surface area contributed by atoms with Gasteiger partial charge in [0.25, 0.3) is 5.91 Å². The molecule has 1 heterocycles. The number of rotatable bonds is 5. The van der Waals surface area contributed by atoms with Crippen LogP contribution in [0.25, 0.3) is 10.9 Å². The van der Waals surface area contributed by atoms with Crippen LogP contribution in [0.2, 0.25) is 0 Å². The van der Waals surface area contributed by atoms with E-state index in [9.17, 15) is 14.7 Å². The van der Waals surface area contributed by atoms with Crippen molar-refractivity contribution in [2.24, 2.45) is 5.41 Å². The molecule has 2 aromatic rings. The maximum absolute atomic E-state index is 12.2. The molecule has 6 heteroatoms. The number of fused-ring (bicyclic) bond motifs is 1. The topological polar surface area (TPSA) is 94.2 Å². The van der Waals surface area contributed by atoms with Crippen LogP contribution in [0, 0.1) is 5.41 Å². The van der Waals surface area contributed by atoms with Gasteiger partial charge < -0.3 is 20.7 Å². The van der Waals surface area contributed by atoms with Crippen LogP contribution >= 0.6 is 0 Å². The first-order valence-corrected chi connectivity index (χ1v) is 8.28. The van der Waals surface area contributed by atoms with Crippen LogP contribution in [0.3, 0.4) is 0 Å². The summed E-state index contributed by atoms with van der Waals surface area (Å²) in [6, 6.07) is 9.35. The summed E-state index contributed by atoms with van der Waals surface area (Å²) in [6.07, 6.45) is 2.75. The fourth-order valence-electron chi connectivity index (χ4n) is 3.37. The van der Waals surface area contributed by atoms with Gasteiger partial charge in [0.1, 0.15) is 5.69 Å².